The van der Waals surface area contributed by atoms with Gasteiger partial charge in [-0.25, -0.2) is 0 Å². The zero-order chi connectivity index (χ0) is 22.5. The molecule has 5 nitrogen and oxygen atoms in total. The molecule has 2 aliphatic rings. The van der Waals surface area contributed by atoms with E-state index in [1.807, 2.05) is 11.0 Å². The number of rotatable bonds is 3. The zero-order valence-electron chi connectivity index (χ0n) is 17.0. The summed E-state index contributed by atoms with van der Waals surface area (Å²) in [7, 11) is 0. The SMILES string of the molecule is O=C(c1cccc2c(-c3cc(OC(F)(F)F)ccc3O)cccc12)N1C[C@@H]2CCN[C@@H]2C1. The Hall–Kier alpha value is -3.26. The number of aromatic hydroxyl groups is 1. The number of hydrogen-bond acceptors (Lipinski definition) is 4. The second-order valence-corrected chi connectivity index (χ2v) is 8.25. The molecule has 32 heavy (non-hydrogen) atoms. The Morgan fingerprint density at radius 1 is 1.03 bits per heavy atom. The number of likely N-dealkylation sites (tertiary alicyclic amines) is 1. The summed E-state index contributed by atoms with van der Waals surface area (Å²) >= 11 is 0. The second kappa shape index (κ2) is 7.70. The first-order valence-electron chi connectivity index (χ1n) is 10.4. The van der Waals surface area contributed by atoms with E-state index in [4.69, 9.17) is 0 Å². The van der Waals surface area contributed by atoms with E-state index in [1.54, 1.807) is 30.3 Å². The van der Waals surface area contributed by atoms with Crippen LogP contribution < -0.4 is 10.1 Å². The van der Waals surface area contributed by atoms with Crippen molar-refractivity contribution in [2.24, 2.45) is 5.92 Å². The second-order valence-electron chi connectivity index (χ2n) is 8.25. The van der Waals surface area contributed by atoms with Crippen molar-refractivity contribution in [2.75, 3.05) is 19.6 Å². The highest BCUT2D eigenvalue weighted by Gasteiger charge is 2.38. The number of halogens is 3. The molecule has 0 unspecified atom stereocenters. The van der Waals surface area contributed by atoms with Crippen LogP contribution in [0.4, 0.5) is 13.2 Å². The van der Waals surface area contributed by atoms with Crippen LogP contribution in [0, 0.1) is 5.92 Å². The monoisotopic (exact) mass is 442 g/mol. The molecule has 3 aromatic carbocycles. The van der Waals surface area contributed by atoms with Gasteiger partial charge in [0.05, 0.1) is 0 Å². The molecule has 2 saturated heterocycles. The lowest BCUT2D eigenvalue weighted by atomic mass is 9.94. The Bertz CT molecular complexity index is 1180. The molecule has 0 aliphatic carbocycles. The minimum Gasteiger partial charge on any atom is -0.507 e. The number of carbonyl (C=O) groups excluding carboxylic acids is 1. The van der Waals surface area contributed by atoms with E-state index in [-0.39, 0.29) is 17.2 Å². The standard InChI is InChI=1S/C24H21F3N2O3/c25-24(26,27)32-15-7-8-22(30)20(11-15)18-5-1-4-17-16(18)3-2-6-19(17)23(31)29-12-14-9-10-28-21(14)13-29/h1-8,11,14,21,28,30H,9-10,12-13H2/t14-,21+/m0/s1. The maximum atomic E-state index is 13.3. The summed E-state index contributed by atoms with van der Waals surface area (Å²) in [6.07, 6.45) is -3.78. The summed E-state index contributed by atoms with van der Waals surface area (Å²) in [6, 6.07) is 14.3. The van der Waals surface area contributed by atoms with E-state index in [2.05, 4.69) is 10.1 Å². The number of hydrogen-bond donors (Lipinski definition) is 2. The van der Waals surface area contributed by atoms with Gasteiger partial charge in [0.25, 0.3) is 5.91 Å². The minimum atomic E-state index is -4.84. The van der Waals surface area contributed by atoms with Crippen LogP contribution in [0.25, 0.3) is 21.9 Å². The van der Waals surface area contributed by atoms with Crippen molar-refractivity contribution in [3.63, 3.8) is 0 Å². The van der Waals surface area contributed by atoms with E-state index in [0.29, 0.717) is 46.9 Å². The van der Waals surface area contributed by atoms with E-state index in [9.17, 15) is 23.1 Å². The Morgan fingerprint density at radius 3 is 2.59 bits per heavy atom. The Morgan fingerprint density at radius 2 is 1.81 bits per heavy atom. The van der Waals surface area contributed by atoms with Crippen molar-refractivity contribution >= 4 is 16.7 Å². The summed E-state index contributed by atoms with van der Waals surface area (Å²) in [5.74, 6) is -0.201. The molecule has 0 spiro atoms. The van der Waals surface area contributed by atoms with Crippen LogP contribution >= 0.6 is 0 Å². The maximum Gasteiger partial charge on any atom is 0.573 e. The van der Waals surface area contributed by atoms with Crippen molar-refractivity contribution in [2.45, 2.75) is 18.8 Å². The number of nitrogens with zero attached hydrogens (tertiary/aromatic N) is 1. The zero-order valence-corrected chi connectivity index (χ0v) is 17.0. The molecule has 2 atom stereocenters. The van der Waals surface area contributed by atoms with Gasteiger partial charge < -0.3 is 20.1 Å². The number of amides is 1. The Labute approximate surface area is 182 Å². The van der Waals surface area contributed by atoms with Gasteiger partial charge in [-0.3, -0.25) is 4.79 Å². The third kappa shape index (κ3) is 3.75. The molecule has 0 radical (unpaired) electrons. The third-order valence-electron chi connectivity index (χ3n) is 6.29. The summed E-state index contributed by atoms with van der Waals surface area (Å²) in [4.78, 5) is 15.2. The number of fused-ring (bicyclic) bond motifs is 2. The minimum absolute atomic E-state index is 0.0673. The molecule has 2 N–H and O–H groups in total. The largest absolute Gasteiger partial charge is 0.573 e. The molecule has 0 aromatic heterocycles. The predicted octanol–water partition coefficient (Wildman–Crippen LogP) is 4.54. The summed E-state index contributed by atoms with van der Waals surface area (Å²) in [5.41, 5.74) is 1.25. The molecule has 2 heterocycles. The van der Waals surface area contributed by atoms with E-state index in [1.165, 1.54) is 6.07 Å². The number of phenolic OH excluding ortho intramolecular Hbond substituents is 1. The van der Waals surface area contributed by atoms with E-state index >= 15 is 0 Å². The maximum absolute atomic E-state index is 13.3. The molecule has 0 bridgehead atoms. The number of benzene rings is 3. The van der Waals surface area contributed by atoms with Crippen LogP contribution in [0.2, 0.25) is 0 Å². The molecule has 0 saturated carbocycles. The molecular weight excluding hydrogens is 421 g/mol. The highest BCUT2D eigenvalue weighted by atomic mass is 19.4. The van der Waals surface area contributed by atoms with Gasteiger partial charge in [-0.05, 0) is 59.5 Å². The van der Waals surface area contributed by atoms with Crippen LogP contribution in [0.15, 0.2) is 54.6 Å². The first-order valence-corrected chi connectivity index (χ1v) is 10.4. The number of ether oxygens (including phenoxy) is 1. The van der Waals surface area contributed by atoms with E-state index in [0.717, 1.165) is 25.1 Å². The summed E-state index contributed by atoms with van der Waals surface area (Å²) in [5, 5.41) is 15.2. The molecule has 1 amide bonds. The fourth-order valence-electron chi connectivity index (χ4n) is 4.84. The quantitative estimate of drug-likeness (QED) is 0.625. The van der Waals surface area contributed by atoms with Gasteiger partial charge in [-0.2, -0.15) is 0 Å². The Kier molecular flexibility index (Phi) is 4.97. The first kappa shape index (κ1) is 20.6. The fraction of sp³-hybridized carbons (Fsp3) is 0.292. The van der Waals surface area contributed by atoms with Crippen LogP contribution in [0.5, 0.6) is 11.5 Å². The fourth-order valence-corrected chi connectivity index (χ4v) is 4.84. The van der Waals surface area contributed by atoms with Crippen molar-refractivity contribution in [3.05, 3.63) is 60.2 Å². The first-order chi connectivity index (χ1) is 15.3. The lowest BCUT2D eigenvalue weighted by molar-refractivity contribution is -0.274. The molecule has 166 valence electrons. The summed E-state index contributed by atoms with van der Waals surface area (Å²) in [6.45, 7) is 2.36. The normalized spacial score (nSPS) is 20.5. The molecule has 3 aromatic rings. The van der Waals surface area contributed by atoms with Gasteiger partial charge in [0.15, 0.2) is 0 Å². The lowest BCUT2D eigenvalue weighted by Gasteiger charge is -2.19. The average molecular weight is 442 g/mol. The van der Waals surface area contributed by atoms with Crippen LogP contribution in [-0.2, 0) is 0 Å². The van der Waals surface area contributed by atoms with Gasteiger partial charge in [-0.1, -0.05) is 30.3 Å². The van der Waals surface area contributed by atoms with E-state index < -0.39 is 12.1 Å². The topological polar surface area (TPSA) is 61.8 Å². The molecule has 2 fully saturated rings. The number of nitrogens with one attached hydrogen (secondary N) is 1. The average Bonchev–Trinajstić information content (AvgIpc) is 3.35. The van der Waals surface area contributed by atoms with Gasteiger partial charge in [-0.15, -0.1) is 13.2 Å². The smallest absolute Gasteiger partial charge is 0.507 e. The van der Waals surface area contributed by atoms with Gasteiger partial charge in [0, 0.05) is 30.3 Å². The Balaban J connectivity index is 1.54. The van der Waals surface area contributed by atoms with Crippen molar-refractivity contribution in [1.82, 2.24) is 10.2 Å². The third-order valence-corrected chi connectivity index (χ3v) is 6.29. The van der Waals surface area contributed by atoms with Crippen LogP contribution in [0.1, 0.15) is 16.8 Å². The molecule has 8 heteroatoms. The lowest BCUT2D eigenvalue weighted by Crippen LogP contribution is -2.34. The van der Waals surface area contributed by atoms with Crippen molar-refractivity contribution < 1.29 is 27.8 Å². The number of alkyl halides is 3. The van der Waals surface area contributed by atoms with Crippen LogP contribution in [0.3, 0.4) is 0 Å². The van der Waals surface area contributed by atoms with Gasteiger partial charge >= 0.3 is 6.36 Å². The van der Waals surface area contributed by atoms with Crippen molar-refractivity contribution in [1.29, 1.82) is 0 Å². The van der Waals surface area contributed by atoms with Crippen LogP contribution in [-0.4, -0.2) is 48.0 Å². The number of phenols is 1. The van der Waals surface area contributed by atoms with Crippen molar-refractivity contribution in [3.8, 4) is 22.6 Å². The highest BCUT2D eigenvalue weighted by molar-refractivity contribution is 6.11. The molecule has 2 aliphatic heterocycles. The number of carbonyl (C=O) groups is 1. The molecule has 5 rings (SSSR count). The van der Waals surface area contributed by atoms with Gasteiger partial charge in [0.2, 0.25) is 0 Å². The van der Waals surface area contributed by atoms with Gasteiger partial charge in [0.1, 0.15) is 11.5 Å². The predicted molar refractivity (Wildman–Crippen MR) is 114 cm³/mol. The molecular formula is C24H21F3N2O3. The highest BCUT2D eigenvalue weighted by Crippen LogP contribution is 2.39. The summed E-state index contributed by atoms with van der Waals surface area (Å²) < 4.78 is 42.0.